The van der Waals surface area contributed by atoms with Crippen molar-refractivity contribution in [3.63, 3.8) is 0 Å². The van der Waals surface area contributed by atoms with Gasteiger partial charge in [0.05, 0.1) is 0 Å². The molecule has 18 heavy (non-hydrogen) atoms. The normalized spacial score (nSPS) is 13.6. The van der Waals surface area contributed by atoms with Crippen molar-refractivity contribution in [3.8, 4) is 0 Å². The molecule has 1 atom stereocenters. The summed E-state index contributed by atoms with van der Waals surface area (Å²) in [5, 5.41) is 0.724. The first-order valence-electron chi connectivity index (χ1n) is 5.42. The molecule has 0 aliphatic carbocycles. The highest BCUT2D eigenvalue weighted by molar-refractivity contribution is 9.10. The van der Waals surface area contributed by atoms with Gasteiger partial charge in [-0.05, 0) is 36.5 Å². The zero-order chi connectivity index (χ0) is 13.6. The number of hydrogen-bond acceptors (Lipinski definition) is 1. The Morgan fingerprint density at radius 3 is 2.28 bits per heavy atom. The fraction of sp³-hybridized carbons (Fsp3) is 0.500. The van der Waals surface area contributed by atoms with Crippen LogP contribution in [0.1, 0.15) is 12.0 Å². The number of alkyl halides is 4. The van der Waals surface area contributed by atoms with E-state index in [-0.39, 0.29) is 23.4 Å². The largest absolute Gasteiger partial charge is 0.441 e. The van der Waals surface area contributed by atoms with Crippen LogP contribution in [0, 0.1) is 5.92 Å². The standard InChI is InChI=1S/C12H13Br2F3S/c13-8-10(5-6-18-12(15,16)17)7-9-1-3-11(14)4-2-9/h1-4,10H,5-8H2. The van der Waals surface area contributed by atoms with Crippen LogP contribution in [-0.2, 0) is 6.42 Å². The van der Waals surface area contributed by atoms with Crippen molar-refractivity contribution >= 4 is 43.6 Å². The minimum atomic E-state index is -4.12. The van der Waals surface area contributed by atoms with Crippen molar-refractivity contribution in [2.24, 2.45) is 5.92 Å². The molecule has 0 heterocycles. The lowest BCUT2D eigenvalue weighted by molar-refractivity contribution is -0.0328. The second-order valence-corrected chi connectivity index (χ2v) is 6.66. The van der Waals surface area contributed by atoms with E-state index in [4.69, 9.17) is 0 Å². The molecule has 1 aromatic carbocycles. The van der Waals surface area contributed by atoms with Crippen molar-refractivity contribution in [2.45, 2.75) is 18.3 Å². The predicted octanol–water partition coefficient (Wildman–Crippen LogP) is 5.65. The van der Waals surface area contributed by atoms with Crippen LogP contribution < -0.4 is 0 Å². The zero-order valence-electron chi connectivity index (χ0n) is 9.51. The SMILES string of the molecule is FC(F)(F)SCCC(CBr)Cc1ccc(Br)cc1. The van der Waals surface area contributed by atoms with E-state index >= 15 is 0 Å². The van der Waals surface area contributed by atoms with Gasteiger partial charge in [-0.15, -0.1) is 0 Å². The van der Waals surface area contributed by atoms with E-state index in [1.807, 2.05) is 24.3 Å². The summed E-state index contributed by atoms with van der Waals surface area (Å²) in [6.07, 6.45) is 1.36. The maximum absolute atomic E-state index is 12.0. The molecule has 0 saturated heterocycles. The van der Waals surface area contributed by atoms with E-state index in [1.165, 1.54) is 0 Å². The Kier molecular flexibility index (Phi) is 7.10. The molecule has 6 heteroatoms. The quantitative estimate of drug-likeness (QED) is 0.551. The molecule has 1 unspecified atom stereocenters. The summed E-state index contributed by atoms with van der Waals surface area (Å²) < 4.78 is 37.1. The molecule has 0 spiro atoms. The maximum atomic E-state index is 12.0. The first-order valence-corrected chi connectivity index (χ1v) is 8.32. The summed E-state index contributed by atoms with van der Waals surface area (Å²) in [6.45, 7) is 0. The van der Waals surface area contributed by atoms with E-state index in [0.717, 1.165) is 21.8 Å². The van der Waals surface area contributed by atoms with E-state index < -0.39 is 5.51 Å². The minimum Gasteiger partial charge on any atom is -0.160 e. The van der Waals surface area contributed by atoms with E-state index in [0.29, 0.717) is 6.42 Å². The van der Waals surface area contributed by atoms with Crippen molar-refractivity contribution in [1.29, 1.82) is 0 Å². The highest BCUT2D eigenvalue weighted by atomic mass is 79.9. The average Bonchev–Trinajstić information content (AvgIpc) is 2.29. The molecule has 0 N–H and O–H groups in total. The van der Waals surface area contributed by atoms with Crippen LogP contribution in [0.5, 0.6) is 0 Å². The zero-order valence-corrected chi connectivity index (χ0v) is 13.5. The topological polar surface area (TPSA) is 0 Å². The Hall–Kier alpha value is 0.320. The second-order valence-electron chi connectivity index (χ2n) is 3.93. The summed E-state index contributed by atoms with van der Waals surface area (Å²) in [6, 6.07) is 7.89. The first kappa shape index (κ1) is 16.4. The van der Waals surface area contributed by atoms with E-state index in [9.17, 15) is 13.2 Å². The lowest BCUT2D eigenvalue weighted by atomic mass is 9.99. The van der Waals surface area contributed by atoms with Gasteiger partial charge in [-0.25, -0.2) is 0 Å². The minimum absolute atomic E-state index is 0.0619. The van der Waals surface area contributed by atoms with Gasteiger partial charge in [0.1, 0.15) is 0 Å². The van der Waals surface area contributed by atoms with E-state index in [1.54, 1.807) is 0 Å². The molecule has 0 amide bonds. The van der Waals surface area contributed by atoms with Gasteiger partial charge in [-0.3, -0.25) is 0 Å². The van der Waals surface area contributed by atoms with Crippen molar-refractivity contribution in [3.05, 3.63) is 34.3 Å². The fourth-order valence-corrected chi connectivity index (χ4v) is 3.03. The van der Waals surface area contributed by atoms with Crippen LogP contribution in [0.2, 0.25) is 0 Å². The predicted molar refractivity (Wildman–Crippen MR) is 78.3 cm³/mol. The number of hydrogen-bond donors (Lipinski definition) is 0. The molecule has 0 aromatic heterocycles. The monoisotopic (exact) mass is 404 g/mol. The van der Waals surface area contributed by atoms with E-state index in [2.05, 4.69) is 31.9 Å². The van der Waals surface area contributed by atoms with Crippen LogP contribution in [0.4, 0.5) is 13.2 Å². The van der Waals surface area contributed by atoms with Crippen LogP contribution in [0.3, 0.4) is 0 Å². The van der Waals surface area contributed by atoms with Gasteiger partial charge in [-0.1, -0.05) is 55.8 Å². The van der Waals surface area contributed by atoms with Gasteiger partial charge in [0, 0.05) is 15.6 Å². The number of benzene rings is 1. The molecular formula is C12H13Br2F3S. The number of halogens is 5. The Labute approximate surface area is 126 Å². The number of thioether (sulfide) groups is 1. The van der Waals surface area contributed by atoms with Crippen molar-refractivity contribution in [1.82, 2.24) is 0 Å². The molecule has 0 aliphatic rings. The van der Waals surface area contributed by atoms with Gasteiger partial charge in [0.2, 0.25) is 0 Å². The summed E-state index contributed by atoms with van der Waals surface area (Å²) in [4.78, 5) is 0. The van der Waals surface area contributed by atoms with Gasteiger partial charge >= 0.3 is 5.51 Å². The van der Waals surface area contributed by atoms with Crippen LogP contribution >= 0.6 is 43.6 Å². The van der Waals surface area contributed by atoms with Crippen LogP contribution in [0.15, 0.2) is 28.7 Å². The van der Waals surface area contributed by atoms with Crippen molar-refractivity contribution in [2.75, 3.05) is 11.1 Å². The molecule has 0 radical (unpaired) electrons. The summed E-state index contributed by atoms with van der Waals surface area (Å²) in [7, 11) is 0. The Morgan fingerprint density at radius 2 is 1.78 bits per heavy atom. The highest BCUT2D eigenvalue weighted by Crippen LogP contribution is 2.32. The number of rotatable bonds is 6. The lowest BCUT2D eigenvalue weighted by Gasteiger charge is -2.14. The molecule has 0 bridgehead atoms. The molecule has 1 aromatic rings. The second kappa shape index (κ2) is 7.80. The smallest absolute Gasteiger partial charge is 0.160 e. The summed E-state index contributed by atoms with van der Waals surface area (Å²) >= 11 is 6.79. The highest BCUT2D eigenvalue weighted by Gasteiger charge is 2.27. The van der Waals surface area contributed by atoms with Gasteiger partial charge in [0.25, 0.3) is 0 Å². The lowest BCUT2D eigenvalue weighted by Crippen LogP contribution is -2.10. The average molecular weight is 406 g/mol. The maximum Gasteiger partial charge on any atom is 0.441 e. The Morgan fingerprint density at radius 1 is 1.17 bits per heavy atom. The third kappa shape index (κ3) is 7.04. The van der Waals surface area contributed by atoms with Gasteiger partial charge in [0.15, 0.2) is 0 Å². The molecule has 0 aliphatic heterocycles. The molecular weight excluding hydrogens is 393 g/mol. The van der Waals surface area contributed by atoms with Gasteiger partial charge < -0.3 is 0 Å². The third-order valence-corrected chi connectivity index (χ3v) is 4.66. The Balaban J connectivity index is 2.40. The first-order chi connectivity index (χ1) is 8.40. The van der Waals surface area contributed by atoms with Crippen molar-refractivity contribution < 1.29 is 13.2 Å². The molecule has 1 rings (SSSR count). The third-order valence-electron chi connectivity index (χ3n) is 2.45. The van der Waals surface area contributed by atoms with Crippen LogP contribution in [0.25, 0.3) is 0 Å². The Bertz CT molecular complexity index is 351. The molecule has 0 fully saturated rings. The molecule has 0 nitrogen and oxygen atoms in total. The van der Waals surface area contributed by atoms with Crippen LogP contribution in [-0.4, -0.2) is 16.6 Å². The fourth-order valence-electron chi connectivity index (χ4n) is 1.53. The summed E-state index contributed by atoms with van der Waals surface area (Å²) in [5.74, 6) is 0.358. The molecule has 0 saturated carbocycles. The molecule has 102 valence electrons. The van der Waals surface area contributed by atoms with Gasteiger partial charge in [-0.2, -0.15) is 13.2 Å². The summed E-state index contributed by atoms with van der Waals surface area (Å²) in [5.41, 5.74) is -2.96.